The lowest BCUT2D eigenvalue weighted by atomic mass is 9.80. The average molecular weight is 196 g/mol. The van der Waals surface area contributed by atoms with Gasteiger partial charge in [0.05, 0.1) is 0 Å². The molecule has 2 aromatic carbocycles. The molecule has 0 bridgehead atoms. The number of hydrogen-bond acceptors (Lipinski definition) is 0. The van der Waals surface area contributed by atoms with Gasteiger partial charge in [0, 0.05) is 0 Å². The minimum atomic E-state index is 0.214. The Bertz CT molecular complexity index is 492. The van der Waals surface area contributed by atoms with Crippen molar-refractivity contribution in [2.45, 2.75) is 26.2 Å². The van der Waals surface area contributed by atoms with Gasteiger partial charge in [0.25, 0.3) is 0 Å². The lowest BCUT2D eigenvalue weighted by molar-refractivity contribution is 0.596. The van der Waals surface area contributed by atoms with Gasteiger partial charge in [-0.15, -0.1) is 0 Å². The van der Waals surface area contributed by atoms with Crippen molar-refractivity contribution in [1.29, 1.82) is 0 Å². The van der Waals surface area contributed by atoms with Crippen LogP contribution in [0.3, 0.4) is 0 Å². The first kappa shape index (κ1) is 10.3. The maximum absolute atomic E-state index is 2.31. The average Bonchev–Trinajstić information content (AvgIpc) is 2.15. The Balaban J connectivity index is 2.83. The van der Waals surface area contributed by atoms with Gasteiger partial charge in [-0.05, 0) is 21.8 Å². The van der Waals surface area contributed by atoms with Crippen LogP contribution < -0.4 is 5.46 Å². The van der Waals surface area contributed by atoms with Gasteiger partial charge < -0.3 is 0 Å². The largest absolute Gasteiger partial charge is 0.139 e. The molecule has 0 amide bonds. The van der Waals surface area contributed by atoms with Crippen molar-refractivity contribution in [2.24, 2.45) is 0 Å². The second-order valence-electron chi connectivity index (χ2n) is 5.28. The summed E-state index contributed by atoms with van der Waals surface area (Å²) in [4.78, 5) is 0. The van der Waals surface area contributed by atoms with Crippen LogP contribution >= 0.6 is 0 Å². The highest BCUT2D eigenvalue weighted by Crippen LogP contribution is 2.28. The molecule has 2 rings (SSSR count). The molecular formula is C14H17B. The molecule has 0 aliphatic carbocycles. The van der Waals surface area contributed by atoms with Gasteiger partial charge in [-0.3, -0.25) is 0 Å². The highest BCUT2D eigenvalue weighted by Gasteiger charge is 2.16. The normalized spacial score (nSPS) is 11.9. The summed E-state index contributed by atoms with van der Waals surface area (Å²) in [5, 5.41) is 2.73. The van der Waals surface area contributed by atoms with Crippen molar-refractivity contribution in [2.75, 3.05) is 0 Å². The molecule has 0 fully saturated rings. The molecule has 1 heteroatoms. The zero-order valence-electron chi connectivity index (χ0n) is 9.96. The van der Waals surface area contributed by atoms with Crippen LogP contribution in [0.2, 0.25) is 0 Å². The van der Waals surface area contributed by atoms with E-state index < -0.39 is 0 Å². The van der Waals surface area contributed by atoms with E-state index in [1.807, 2.05) is 0 Å². The molecular weight excluding hydrogens is 179 g/mol. The first-order chi connectivity index (χ1) is 6.98. The molecule has 0 nitrogen and oxygen atoms in total. The van der Waals surface area contributed by atoms with Gasteiger partial charge in [0.1, 0.15) is 7.85 Å². The Hall–Kier alpha value is -1.24. The van der Waals surface area contributed by atoms with Crippen LogP contribution in [0.5, 0.6) is 0 Å². The number of hydrogen-bond donors (Lipinski definition) is 0. The number of rotatable bonds is 0. The summed E-state index contributed by atoms with van der Waals surface area (Å²) in [6.45, 7) is 6.82. The SMILES string of the molecule is Bc1cc(C(C)(C)C)c2ccccc2c1. The summed E-state index contributed by atoms with van der Waals surface area (Å²) < 4.78 is 0. The van der Waals surface area contributed by atoms with E-state index in [-0.39, 0.29) is 5.41 Å². The highest BCUT2D eigenvalue weighted by molar-refractivity contribution is 6.33. The van der Waals surface area contributed by atoms with Gasteiger partial charge in [-0.25, -0.2) is 0 Å². The van der Waals surface area contributed by atoms with Gasteiger partial charge >= 0.3 is 0 Å². The zero-order valence-corrected chi connectivity index (χ0v) is 9.96. The van der Waals surface area contributed by atoms with Gasteiger partial charge in [-0.2, -0.15) is 0 Å². The number of benzene rings is 2. The second kappa shape index (κ2) is 3.41. The van der Waals surface area contributed by atoms with Crippen LogP contribution in [-0.4, -0.2) is 7.85 Å². The smallest absolute Gasteiger partial charge is 0.0880 e. The zero-order chi connectivity index (χ0) is 11.1. The minimum Gasteiger partial charge on any atom is -0.0880 e. The standard InChI is InChI=1S/C14H17B/c1-14(2,3)13-9-11(15)8-10-6-4-5-7-12(10)13/h4-9H,15H2,1-3H3. The van der Waals surface area contributed by atoms with Crippen molar-refractivity contribution >= 4 is 24.1 Å². The van der Waals surface area contributed by atoms with Crippen LogP contribution in [0.25, 0.3) is 10.8 Å². The summed E-state index contributed by atoms with van der Waals surface area (Å²) in [6, 6.07) is 13.2. The van der Waals surface area contributed by atoms with Crippen molar-refractivity contribution in [3.05, 3.63) is 42.0 Å². The summed E-state index contributed by atoms with van der Waals surface area (Å²) in [6.07, 6.45) is 0. The molecule has 0 N–H and O–H groups in total. The molecule has 0 heterocycles. The third-order valence-corrected chi connectivity index (χ3v) is 2.81. The monoisotopic (exact) mass is 196 g/mol. The Morgan fingerprint density at radius 3 is 2.33 bits per heavy atom. The topological polar surface area (TPSA) is 0 Å². The molecule has 0 saturated carbocycles. The fourth-order valence-corrected chi connectivity index (χ4v) is 2.08. The fraction of sp³-hybridized carbons (Fsp3) is 0.286. The van der Waals surface area contributed by atoms with Crippen LogP contribution in [0.4, 0.5) is 0 Å². The van der Waals surface area contributed by atoms with Gasteiger partial charge in [0.2, 0.25) is 0 Å². The Labute approximate surface area is 92.7 Å². The minimum absolute atomic E-state index is 0.214. The van der Waals surface area contributed by atoms with Crippen molar-refractivity contribution in [3.63, 3.8) is 0 Å². The van der Waals surface area contributed by atoms with Crippen LogP contribution in [0.15, 0.2) is 36.4 Å². The van der Waals surface area contributed by atoms with E-state index in [9.17, 15) is 0 Å². The fourth-order valence-electron chi connectivity index (χ4n) is 2.08. The third-order valence-electron chi connectivity index (χ3n) is 2.81. The van der Waals surface area contributed by atoms with Crippen molar-refractivity contribution < 1.29 is 0 Å². The summed E-state index contributed by atoms with van der Waals surface area (Å²) in [5.41, 5.74) is 3.00. The van der Waals surface area contributed by atoms with E-state index in [0.717, 1.165) is 0 Å². The molecule has 76 valence electrons. The number of fused-ring (bicyclic) bond motifs is 1. The molecule has 0 saturated heterocycles. The Morgan fingerprint density at radius 1 is 1.00 bits per heavy atom. The molecule has 0 spiro atoms. The second-order valence-corrected chi connectivity index (χ2v) is 5.28. The molecule has 0 aromatic heterocycles. The van der Waals surface area contributed by atoms with Crippen molar-refractivity contribution in [3.8, 4) is 0 Å². The molecule has 15 heavy (non-hydrogen) atoms. The molecule has 2 aromatic rings. The summed E-state index contributed by atoms with van der Waals surface area (Å²) >= 11 is 0. The van der Waals surface area contributed by atoms with E-state index in [1.165, 1.54) is 21.8 Å². The molecule has 0 radical (unpaired) electrons. The lowest BCUT2D eigenvalue weighted by Crippen LogP contribution is -2.15. The molecule has 0 unspecified atom stereocenters. The van der Waals surface area contributed by atoms with E-state index >= 15 is 0 Å². The van der Waals surface area contributed by atoms with Gasteiger partial charge in [0.15, 0.2) is 0 Å². The first-order valence-electron chi connectivity index (χ1n) is 5.48. The maximum Gasteiger partial charge on any atom is 0.139 e. The predicted octanol–water partition coefficient (Wildman–Crippen LogP) is 2.40. The van der Waals surface area contributed by atoms with E-state index in [1.54, 1.807) is 0 Å². The summed E-state index contributed by atoms with van der Waals surface area (Å²) in [7, 11) is 2.17. The summed E-state index contributed by atoms with van der Waals surface area (Å²) in [5.74, 6) is 0. The van der Waals surface area contributed by atoms with E-state index in [4.69, 9.17) is 0 Å². The highest BCUT2D eigenvalue weighted by atomic mass is 14.2. The Morgan fingerprint density at radius 2 is 1.67 bits per heavy atom. The van der Waals surface area contributed by atoms with E-state index in [2.05, 4.69) is 65.0 Å². The Kier molecular flexibility index (Phi) is 2.34. The quantitative estimate of drug-likeness (QED) is 0.567. The lowest BCUT2D eigenvalue weighted by Gasteiger charge is -2.22. The molecule has 0 atom stereocenters. The van der Waals surface area contributed by atoms with Crippen LogP contribution in [-0.2, 0) is 5.41 Å². The maximum atomic E-state index is 2.31. The van der Waals surface area contributed by atoms with Crippen molar-refractivity contribution in [1.82, 2.24) is 0 Å². The molecule has 0 aliphatic rings. The van der Waals surface area contributed by atoms with Gasteiger partial charge in [-0.1, -0.05) is 62.6 Å². The van der Waals surface area contributed by atoms with Crippen LogP contribution in [0, 0.1) is 0 Å². The van der Waals surface area contributed by atoms with E-state index in [0.29, 0.717) is 0 Å². The third kappa shape index (κ3) is 1.92. The molecule has 0 aliphatic heterocycles. The first-order valence-corrected chi connectivity index (χ1v) is 5.48. The predicted molar refractivity (Wildman–Crippen MR) is 70.8 cm³/mol. The van der Waals surface area contributed by atoms with Crippen LogP contribution in [0.1, 0.15) is 26.3 Å².